The highest BCUT2D eigenvalue weighted by Crippen LogP contribution is 2.43. The van der Waals surface area contributed by atoms with E-state index >= 15 is 0 Å². The Kier molecular flexibility index (Phi) is 6.70. The van der Waals surface area contributed by atoms with Crippen molar-refractivity contribution < 1.29 is 17.9 Å². The number of fused-ring (bicyclic) bond motifs is 1. The number of carbonyl (C=O) groups is 1. The second kappa shape index (κ2) is 9.95. The topological polar surface area (TPSA) is 120 Å². The first-order valence-corrected chi connectivity index (χ1v) is 14.0. The molecule has 1 fully saturated rings. The Bertz CT molecular complexity index is 1550. The zero-order valence-electron chi connectivity index (χ0n) is 20.8. The summed E-state index contributed by atoms with van der Waals surface area (Å²) in [4.78, 5) is 16.9. The van der Waals surface area contributed by atoms with Crippen LogP contribution in [-0.4, -0.2) is 46.2 Å². The van der Waals surface area contributed by atoms with E-state index in [1.807, 2.05) is 49.4 Å². The standard InChI is InChI=1S/C27H29N5O4S/c1-3-31(37(2,34)35)16-20-13-24-23(14-22(20)19-9-10-19)26(27(28)33)32(30-24)21-11-12-25(29-15-21)36-17-18-7-5-4-6-8-18/h4-8,11-15,19H,3,9-10,16-17H2,1-2H3,(H2,28,33). The molecule has 0 radical (unpaired) electrons. The molecule has 1 amide bonds. The van der Waals surface area contributed by atoms with Crippen molar-refractivity contribution in [1.29, 1.82) is 0 Å². The monoisotopic (exact) mass is 519 g/mol. The van der Waals surface area contributed by atoms with Gasteiger partial charge < -0.3 is 10.5 Å². The average Bonchev–Trinajstić information content (AvgIpc) is 3.65. The van der Waals surface area contributed by atoms with Crippen LogP contribution >= 0.6 is 0 Å². The third kappa shape index (κ3) is 5.35. The van der Waals surface area contributed by atoms with Gasteiger partial charge in [-0.05, 0) is 53.6 Å². The summed E-state index contributed by atoms with van der Waals surface area (Å²) < 4.78 is 33.2. The molecule has 2 aromatic heterocycles. The molecular weight excluding hydrogens is 490 g/mol. The quantitative estimate of drug-likeness (QED) is 0.341. The Morgan fingerprint density at radius 2 is 1.92 bits per heavy atom. The van der Waals surface area contributed by atoms with Crippen molar-refractivity contribution in [1.82, 2.24) is 19.1 Å². The van der Waals surface area contributed by atoms with Crippen LogP contribution < -0.4 is 10.5 Å². The second-order valence-corrected chi connectivity index (χ2v) is 11.3. The van der Waals surface area contributed by atoms with E-state index in [9.17, 15) is 13.2 Å². The maximum Gasteiger partial charge on any atom is 0.268 e. The Balaban J connectivity index is 1.50. The molecule has 0 spiro atoms. The van der Waals surface area contributed by atoms with Gasteiger partial charge in [0.2, 0.25) is 15.9 Å². The Hall–Kier alpha value is -3.76. The van der Waals surface area contributed by atoms with Crippen LogP contribution in [0.15, 0.2) is 60.8 Å². The van der Waals surface area contributed by atoms with Crippen LogP contribution in [0.4, 0.5) is 0 Å². The molecule has 1 aliphatic rings. The summed E-state index contributed by atoms with van der Waals surface area (Å²) in [5.41, 5.74) is 10.2. The summed E-state index contributed by atoms with van der Waals surface area (Å²) in [7, 11) is -3.36. The summed E-state index contributed by atoms with van der Waals surface area (Å²) in [6, 6.07) is 17.1. The molecule has 0 atom stereocenters. The number of aromatic nitrogens is 3. The maximum absolute atomic E-state index is 12.6. The van der Waals surface area contributed by atoms with E-state index in [1.165, 1.54) is 15.2 Å². The van der Waals surface area contributed by atoms with Crippen LogP contribution in [0.5, 0.6) is 5.88 Å². The molecule has 1 saturated carbocycles. The largest absolute Gasteiger partial charge is 0.473 e. The van der Waals surface area contributed by atoms with Gasteiger partial charge in [0, 0.05) is 24.5 Å². The number of benzene rings is 2. The lowest BCUT2D eigenvalue weighted by atomic mass is 9.99. The number of carbonyl (C=O) groups excluding carboxylic acids is 1. The first kappa shape index (κ1) is 24.9. The van der Waals surface area contributed by atoms with Gasteiger partial charge in [0.25, 0.3) is 5.91 Å². The lowest BCUT2D eigenvalue weighted by Crippen LogP contribution is -2.29. The van der Waals surface area contributed by atoms with Crippen molar-refractivity contribution in [2.75, 3.05) is 12.8 Å². The molecule has 2 aromatic carbocycles. The van der Waals surface area contributed by atoms with Gasteiger partial charge in [-0.1, -0.05) is 37.3 Å². The smallest absolute Gasteiger partial charge is 0.268 e. The first-order chi connectivity index (χ1) is 17.7. The third-order valence-corrected chi connectivity index (χ3v) is 7.87. The molecule has 4 aromatic rings. The van der Waals surface area contributed by atoms with Gasteiger partial charge in [-0.2, -0.15) is 9.40 Å². The van der Waals surface area contributed by atoms with Gasteiger partial charge in [0.1, 0.15) is 12.3 Å². The van der Waals surface area contributed by atoms with Gasteiger partial charge in [0.15, 0.2) is 0 Å². The van der Waals surface area contributed by atoms with Crippen molar-refractivity contribution in [3.05, 3.63) is 83.2 Å². The molecule has 2 heterocycles. The van der Waals surface area contributed by atoms with Crippen LogP contribution in [0.1, 0.15) is 52.9 Å². The number of nitrogens with zero attached hydrogens (tertiary/aromatic N) is 4. The van der Waals surface area contributed by atoms with Crippen LogP contribution in [0.2, 0.25) is 0 Å². The predicted octanol–water partition coefficient (Wildman–Crippen LogP) is 3.76. The highest BCUT2D eigenvalue weighted by molar-refractivity contribution is 7.88. The van der Waals surface area contributed by atoms with Gasteiger partial charge in [-0.25, -0.2) is 18.1 Å². The van der Waals surface area contributed by atoms with Crippen molar-refractivity contribution in [3.8, 4) is 11.6 Å². The average molecular weight is 520 g/mol. The van der Waals surface area contributed by atoms with E-state index in [-0.39, 0.29) is 12.2 Å². The van der Waals surface area contributed by atoms with Gasteiger partial charge in [0.05, 0.1) is 23.7 Å². The van der Waals surface area contributed by atoms with Crippen LogP contribution in [0.3, 0.4) is 0 Å². The number of amides is 1. The normalized spacial score (nSPS) is 13.8. The number of nitrogens with two attached hydrogens (primary N) is 1. The third-order valence-electron chi connectivity index (χ3n) is 6.55. The SMILES string of the molecule is CCN(Cc1cc2nn(-c3ccc(OCc4ccccc4)nc3)c(C(N)=O)c2cc1C1CC1)S(C)(=O)=O. The van der Waals surface area contributed by atoms with Crippen molar-refractivity contribution in [2.24, 2.45) is 5.73 Å². The van der Waals surface area contributed by atoms with E-state index in [0.717, 1.165) is 29.5 Å². The fourth-order valence-electron chi connectivity index (χ4n) is 4.50. The highest BCUT2D eigenvalue weighted by Gasteiger charge is 2.30. The van der Waals surface area contributed by atoms with E-state index in [1.54, 1.807) is 18.3 Å². The molecule has 9 nitrogen and oxygen atoms in total. The predicted molar refractivity (Wildman–Crippen MR) is 141 cm³/mol. The first-order valence-electron chi connectivity index (χ1n) is 12.2. The molecular formula is C27H29N5O4S. The fourth-order valence-corrected chi connectivity index (χ4v) is 5.34. The van der Waals surface area contributed by atoms with Gasteiger partial charge in [-0.15, -0.1) is 0 Å². The minimum absolute atomic E-state index is 0.255. The van der Waals surface area contributed by atoms with E-state index < -0.39 is 15.9 Å². The highest BCUT2D eigenvalue weighted by atomic mass is 32.2. The van der Waals surface area contributed by atoms with Gasteiger partial charge >= 0.3 is 0 Å². The summed E-state index contributed by atoms with van der Waals surface area (Å²) in [5.74, 6) is 0.181. The van der Waals surface area contributed by atoms with Crippen LogP contribution in [-0.2, 0) is 23.2 Å². The lowest BCUT2D eigenvalue weighted by Gasteiger charge is -2.20. The number of ether oxygens (including phenoxy) is 1. The number of rotatable bonds is 10. The Morgan fingerprint density at radius 1 is 1.16 bits per heavy atom. The Labute approximate surface area is 215 Å². The van der Waals surface area contributed by atoms with Gasteiger partial charge in [-0.3, -0.25) is 4.79 Å². The van der Waals surface area contributed by atoms with Crippen molar-refractivity contribution in [2.45, 2.75) is 38.8 Å². The number of primary amides is 1. The minimum atomic E-state index is -3.36. The molecule has 37 heavy (non-hydrogen) atoms. The molecule has 0 unspecified atom stereocenters. The molecule has 5 rings (SSSR count). The van der Waals surface area contributed by atoms with Crippen molar-refractivity contribution >= 4 is 26.8 Å². The number of pyridine rings is 1. The van der Waals surface area contributed by atoms with E-state index in [4.69, 9.17) is 10.5 Å². The summed E-state index contributed by atoms with van der Waals surface area (Å²) >= 11 is 0. The molecule has 0 bridgehead atoms. The summed E-state index contributed by atoms with van der Waals surface area (Å²) in [5, 5.41) is 5.31. The second-order valence-electron chi connectivity index (χ2n) is 9.29. The fraction of sp³-hybridized carbons (Fsp3) is 0.296. The number of hydrogen-bond acceptors (Lipinski definition) is 6. The van der Waals surface area contributed by atoms with Crippen LogP contribution in [0.25, 0.3) is 16.6 Å². The molecule has 1 aliphatic carbocycles. The zero-order valence-corrected chi connectivity index (χ0v) is 21.6. The molecule has 2 N–H and O–H groups in total. The summed E-state index contributed by atoms with van der Waals surface area (Å²) in [6.07, 6.45) is 4.85. The van der Waals surface area contributed by atoms with Crippen LogP contribution in [0, 0.1) is 0 Å². The Morgan fingerprint density at radius 3 is 2.51 bits per heavy atom. The maximum atomic E-state index is 12.6. The molecule has 10 heteroatoms. The molecule has 192 valence electrons. The van der Waals surface area contributed by atoms with E-state index in [2.05, 4.69) is 10.1 Å². The molecule has 0 saturated heterocycles. The van der Waals surface area contributed by atoms with E-state index in [0.29, 0.717) is 41.5 Å². The summed E-state index contributed by atoms with van der Waals surface area (Å²) in [6.45, 7) is 2.83. The lowest BCUT2D eigenvalue weighted by molar-refractivity contribution is 0.0994. The molecule has 0 aliphatic heterocycles. The number of sulfonamides is 1. The zero-order chi connectivity index (χ0) is 26.2. The minimum Gasteiger partial charge on any atom is -0.473 e. The number of hydrogen-bond donors (Lipinski definition) is 1. The van der Waals surface area contributed by atoms with Crippen molar-refractivity contribution in [3.63, 3.8) is 0 Å².